The van der Waals surface area contributed by atoms with E-state index in [0.29, 0.717) is 6.04 Å². The van der Waals surface area contributed by atoms with Crippen LogP contribution in [0.1, 0.15) is 45.9 Å². The van der Waals surface area contributed by atoms with Crippen LogP contribution in [-0.4, -0.2) is 35.4 Å². The third-order valence-corrected chi connectivity index (χ3v) is 3.72. The molecule has 20 heavy (non-hydrogen) atoms. The van der Waals surface area contributed by atoms with Crippen molar-refractivity contribution < 1.29 is 9.84 Å². The van der Waals surface area contributed by atoms with Crippen LogP contribution in [0, 0.1) is 0 Å². The van der Waals surface area contributed by atoms with Crippen molar-refractivity contribution in [2.75, 3.05) is 18.1 Å². The Bertz CT molecular complexity index is 468. The van der Waals surface area contributed by atoms with Crippen LogP contribution in [0.4, 0.5) is 5.82 Å². The number of rotatable bonds is 2. The lowest BCUT2D eigenvalue weighted by Gasteiger charge is -2.38. The molecule has 112 valence electrons. The maximum absolute atomic E-state index is 9.50. The smallest absolute Gasteiger partial charge is 0.129 e. The molecule has 4 nitrogen and oxygen atoms in total. The average molecular weight is 278 g/mol. The zero-order valence-corrected chi connectivity index (χ0v) is 13.2. The predicted octanol–water partition coefficient (Wildman–Crippen LogP) is 2.49. The molecule has 2 atom stereocenters. The van der Waals surface area contributed by atoms with Gasteiger partial charge in [0.25, 0.3) is 0 Å². The number of pyridine rings is 1. The molecule has 1 aromatic rings. The molecule has 1 fully saturated rings. The topological polar surface area (TPSA) is 45.6 Å². The van der Waals surface area contributed by atoms with Crippen molar-refractivity contribution in [1.82, 2.24) is 4.98 Å². The Labute approximate surface area is 121 Å². The molecule has 1 aliphatic heterocycles. The van der Waals surface area contributed by atoms with Crippen molar-refractivity contribution in [3.63, 3.8) is 0 Å². The van der Waals surface area contributed by atoms with Crippen LogP contribution in [0.3, 0.4) is 0 Å². The summed E-state index contributed by atoms with van der Waals surface area (Å²) in [6.07, 6.45) is 0.212. The quantitative estimate of drug-likeness (QED) is 0.903. The molecule has 0 amide bonds. The minimum Gasteiger partial charge on any atom is -0.392 e. The van der Waals surface area contributed by atoms with E-state index >= 15 is 0 Å². The molecular formula is C16H26N2O2. The van der Waals surface area contributed by atoms with Gasteiger partial charge < -0.3 is 14.7 Å². The highest BCUT2D eigenvalue weighted by Crippen LogP contribution is 2.27. The van der Waals surface area contributed by atoms with Crippen LogP contribution >= 0.6 is 0 Å². The van der Waals surface area contributed by atoms with Crippen molar-refractivity contribution in [2.24, 2.45) is 0 Å². The maximum atomic E-state index is 9.50. The minimum absolute atomic E-state index is 0.0267. The molecule has 1 N–H and O–H groups in total. The van der Waals surface area contributed by atoms with Gasteiger partial charge in [0.2, 0.25) is 0 Å². The molecular weight excluding hydrogens is 252 g/mol. The summed E-state index contributed by atoms with van der Waals surface area (Å²) >= 11 is 0. The fraction of sp³-hybridized carbons (Fsp3) is 0.688. The lowest BCUT2D eigenvalue weighted by atomic mass is 9.90. The first-order valence-corrected chi connectivity index (χ1v) is 7.32. The summed E-state index contributed by atoms with van der Waals surface area (Å²) < 4.78 is 5.68. The first-order chi connectivity index (χ1) is 9.31. The van der Waals surface area contributed by atoms with E-state index < -0.39 is 0 Å². The molecule has 1 aromatic heterocycles. The van der Waals surface area contributed by atoms with Crippen LogP contribution in [-0.2, 0) is 16.8 Å². The van der Waals surface area contributed by atoms with Gasteiger partial charge in [-0.05, 0) is 31.5 Å². The summed E-state index contributed by atoms with van der Waals surface area (Å²) in [6.45, 7) is 12.3. The van der Waals surface area contributed by atoms with Gasteiger partial charge in [0.05, 0.1) is 25.4 Å². The van der Waals surface area contributed by atoms with E-state index in [2.05, 4.69) is 39.5 Å². The molecule has 0 saturated carbocycles. The molecule has 2 rings (SSSR count). The third-order valence-electron chi connectivity index (χ3n) is 3.72. The Morgan fingerprint density at radius 2 is 2.05 bits per heavy atom. The van der Waals surface area contributed by atoms with Crippen molar-refractivity contribution in [1.29, 1.82) is 0 Å². The van der Waals surface area contributed by atoms with E-state index in [4.69, 9.17) is 9.72 Å². The Hall–Kier alpha value is -1.13. The highest BCUT2D eigenvalue weighted by Gasteiger charge is 2.26. The van der Waals surface area contributed by atoms with Gasteiger partial charge in [0, 0.05) is 17.7 Å². The lowest BCUT2D eigenvalue weighted by molar-refractivity contribution is 0.0340. The monoisotopic (exact) mass is 278 g/mol. The van der Waals surface area contributed by atoms with Crippen molar-refractivity contribution >= 4 is 5.82 Å². The second kappa shape index (κ2) is 5.70. The summed E-state index contributed by atoms with van der Waals surface area (Å²) in [4.78, 5) is 7.10. The van der Waals surface area contributed by atoms with E-state index in [0.717, 1.165) is 30.2 Å². The molecule has 0 aromatic carbocycles. The SMILES string of the molecule is CC1CN(c2cc(CO)cc(C(C)(C)C)n2)C(C)CO1. The first-order valence-electron chi connectivity index (χ1n) is 7.32. The molecule has 2 heterocycles. The molecule has 0 bridgehead atoms. The largest absolute Gasteiger partial charge is 0.392 e. The van der Waals surface area contributed by atoms with Crippen LogP contribution in [0.2, 0.25) is 0 Å². The summed E-state index contributed by atoms with van der Waals surface area (Å²) in [5, 5.41) is 9.50. The third kappa shape index (κ3) is 3.30. The molecule has 2 unspecified atom stereocenters. The Morgan fingerprint density at radius 3 is 2.65 bits per heavy atom. The van der Waals surface area contributed by atoms with Gasteiger partial charge >= 0.3 is 0 Å². The Morgan fingerprint density at radius 1 is 1.35 bits per heavy atom. The highest BCUT2D eigenvalue weighted by molar-refractivity contribution is 5.45. The highest BCUT2D eigenvalue weighted by atomic mass is 16.5. The van der Waals surface area contributed by atoms with Crippen LogP contribution in [0.25, 0.3) is 0 Å². The van der Waals surface area contributed by atoms with Gasteiger partial charge in [0.1, 0.15) is 5.82 Å². The van der Waals surface area contributed by atoms with E-state index in [1.54, 1.807) is 0 Å². The van der Waals surface area contributed by atoms with Crippen LogP contribution in [0.5, 0.6) is 0 Å². The number of aromatic nitrogens is 1. The summed E-state index contributed by atoms with van der Waals surface area (Å²) in [6, 6.07) is 4.29. The van der Waals surface area contributed by atoms with Crippen LogP contribution < -0.4 is 4.90 Å². The van der Waals surface area contributed by atoms with Gasteiger partial charge in [-0.15, -0.1) is 0 Å². The molecule has 1 saturated heterocycles. The molecule has 0 aliphatic carbocycles. The van der Waals surface area contributed by atoms with E-state index in [-0.39, 0.29) is 18.1 Å². The lowest BCUT2D eigenvalue weighted by Crippen LogP contribution is -2.48. The average Bonchev–Trinajstić information content (AvgIpc) is 2.40. The standard InChI is InChI=1S/C16H26N2O2/c1-11-10-20-12(2)8-18(11)15-7-13(9-19)6-14(17-15)16(3,4)5/h6-7,11-12,19H,8-10H2,1-5H3. The Kier molecular flexibility index (Phi) is 4.35. The number of nitrogens with zero attached hydrogens (tertiary/aromatic N) is 2. The summed E-state index contributed by atoms with van der Waals surface area (Å²) in [7, 11) is 0. The normalized spacial score (nSPS) is 24.0. The molecule has 0 spiro atoms. The van der Waals surface area contributed by atoms with Crippen LogP contribution in [0.15, 0.2) is 12.1 Å². The first kappa shape index (κ1) is 15.3. The van der Waals surface area contributed by atoms with Gasteiger partial charge in [-0.3, -0.25) is 0 Å². The van der Waals surface area contributed by atoms with Gasteiger partial charge in [0.15, 0.2) is 0 Å². The van der Waals surface area contributed by atoms with Gasteiger partial charge in [-0.2, -0.15) is 0 Å². The van der Waals surface area contributed by atoms with E-state index in [1.807, 2.05) is 12.1 Å². The second-order valence-corrected chi connectivity index (χ2v) is 6.77. The zero-order valence-electron chi connectivity index (χ0n) is 13.2. The summed E-state index contributed by atoms with van der Waals surface area (Å²) in [5.41, 5.74) is 1.91. The number of hydrogen-bond acceptors (Lipinski definition) is 4. The van der Waals surface area contributed by atoms with Gasteiger partial charge in [-0.25, -0.2) is 4.98 Å². The molecule has 4 heteroatoms. The molecule has 0 radical (unpaired) electrons. The van der Waals surface area contributed by atoms with Crippen molar-refractivity contribution in [2.45, 2.75) is 58.8 Å². The summed E-state index contributed by atoms with van der Waals surface area (Å²) in [5.74, 6) is 0.948. The number of aliphatic hydroxyl groups is 1. The number of hydrogen-bond donors (Lipinski definition) is 1. The minimum atomic E-state index is -0.0267. The number of ether oxygens (including phenoxy) is 1. The van der Waals surface area contributed by atoms with E-state index in [9.17, 15) is 5.11 Å². The number of morpholine rings is 1. The number of anilines is 1. The maximum Gasteiger partial charge on any atom is 0.129 e. The predicted molar refractivity (Wildman–Crippen MR) is 81.1 cm³/mol. The van der Waals surface area contributed by atoms with Crippen molar-refractivity contribution in [3.05, 3.63) is 23.4 Å². The van der Waals surface area contributed by atoms with Gasteiger partial charge in [-0.1, -0.05) is 20.8 Å². The van der Waals surface area contributed by atoms with Crippen molar-refractivity contribution in [3.8, 4) is 0 Å². The van der Waals surface area contributed by atoms with E-state index in [1.165, 1.54) is 0 Å². The fourth-order valence-electron chi connectivity index (χ4n) is 2.42. The fourth-order valence-corrected chi connectivity index (χ4v) is 2.42. The second-order valence-electron chi connectivity index (χ2n) is 6.77. The molecule has 1 aliphatic rings. The Balaban J connectivity index is 2.39. The number of aliphatic hydroxyl groups excluding tert-OH is 1. The zero-order chi connectivity index (χ0) is 14.9.